The molecule has 3 nitrogen and oxygen atoms in total. The van der Waals surface area contributed by atoms with Crippen LogP contribution in [0.25, 0.3) is 0 Å². The van der Waals surface area contributed by atoms with Gasteiger partial charge < -0.3 is 4.74 Å². The summed E-state index contributed by atoms with van der Waals surface area (Å²) >= 11 is 0. The summed E-state index contributed by atoms with van der Waals surface area (Å²) in [4.78, 5) is 10.6. The van der Waals surface area contributed by atoms with Crippen molar-refractivity contribution in [3.05, 3.63) is 59.2 Å². The summed E-state index contributed by atoms with van der Waals surface area (Å²) in [7, 11) is 0. The molecule has 0 aliphatic heterocycles. The van der Waals surface area contributed by atoms with Gasteiger partial charge in [0.05, 0.1) is 5.56 Å². The van der Waals surface area contributed by atoms with E-state index in [1.54, 1.807) is 0 Å². The summed E-state index contributed by atoms with van der Waals surface area (Å²) in [6, 6.07) is 8.67. The number of aldehydes is 1. The number of carbonyl (C=O) groups is 1. The Kier molecular flexibility index (Phi) is 3.53. The van der Waals surface area contributed by atoms with Crippen LogP contribution in [0.3, 0.4) is 0 Å². The van der Waals surface area contributed by atoms with Crippen LogP contribution in [-0.4, -0.2) is 6.29 Å². The molecule has 19 heavy (non-hydrogen) atoms. The second-order valence-electron chi connectivity index (χ2n) is 3.66. The van der Waals surface area contributed by atoms with E-state index in [2.05, 4.69) is 0 Å². The third-order valence-corrected chi connectivity index (χ3v) is 2.37. The molecule has 0 aliphatic carbocycles. The molecule has 0 spiro atoms. The maximum absolute atomic E-state index is 13.4. The molecule has 0 saturated carbocycles. The van der Waals surface area contributed by atoms with Gasteiger partial charge >= 0.3 is 0 Å². The van der Waals surface area contributed by atoms with Crippen LogP contribution in [0.2, 0.25) is 0 Å². The van der Waals surface area contributed by atoms with Crippen molar-refractivity contribution in [3.8, 4) is 17.6 Å². The fourth-order valence-electron chi connectivity index (χ4n) is 1.47. The molecule has 0 unspecified atom stereocenters. The van der Waals surface area contributed by atoms with Crippen molar-refractivity contribution in [2.75, 3.05) is 0 Å². The molecular weight excluding hydrogens is 252 g/mol. The van der Waals surface area contributed by atoms with Gasteiger partial charge in [0.1, 0.15) is 23.9 Å². The molecular formula is C14H7F2NO2. The van der Waals surface area contributed by atoms with Crippen LogP contribution < -0.4 is 4.74 Å². The zero-order valence-electron chi connectivity index (χ0n) is 9.56. The Hall–Kier alpha value is -2.74. The Labute approximate surface area is 107 Å². The number of carbonyl (C=O) groups excluding carboxylic acids is 1. The third kappa shape index (κ3) is 2.75. The van der Waals surface area contributed by atoms with Gasteiger partial charge in [-0.3, -0.25) is 4.79 Å². The van der Waals surface area contributed by atoms with Gasteiger partial charge in [0.15, 0.2) is 11.6 Å². The second kappa shape index (κ2) is 5.27. The minimum atomic E-state index is -0.746. The van der Waals surface area contributed by atoms with Crippen molar-refractivity contribution in [1.82, 2.24) is 0 Å². The van der Waals surface area contributed by atoms with E-state index >= 15 is 0 Å². The average molecular weight is 259 g/mol. The van der Waals surface area contributed by atoms with E-state index in [1.165, 1.54) is 18.2 Å². The molecule has 2 aromatic rings. The summed E-state index contributed by atoms with van der Waals surface area (Å²) in [6.07, 6.45) is 0.577. The van der Waals surface area contributed by atoms with E-state index in [1.807, 2.05) is 6.07 Å². The fourth-order valence-corrected chi connectivity index (χ4v) is 1.47. The minimum absolute atomic E-state index is 0.0533. The molecule has 0 saturated heterocycles. The van der Waals surface area contributed by atoms with E-state index in [-0.39, 0.29) is 17.1 Å². The SMILES string of the molecule is N#Cc1cc(C=O)ccc1Oc1cc(F)ccc1F. The third-order valence-electron chi connectivity index (χ3n) is 2.37. The van der Waals surface area contributed by atoms with Crippen LogP contribution in [0.15, 0.2) is 36.4 Å². The van der Waals surface area contributed by atoms with E-state index < -0.39 is 11.6 Å². The highest BCUT2D eigenvalue weighted by Gasteiger charge is 2.10. The molecule has 2 rings (SSSR count). The Morgan fingerprint density at radius 2 is 1.89 bits per heavy atom. The molecule has 0 fully saturated rings. The maximum atomic E-state index is 13.4. The number of nitriles is 1. The van der Waals surface area contributed by atoms with Gasteiger partial charge in [0, 0.05) is 11.6 Å². The monoisotopic (exact) mass is 259 g/mol. The van der Waals surface area contributed by atoms with Gasteiger partial charge in [0.25, 0.3) is 0 Å². The molecule has 0 bridgehead atoms. The summed E-state index contributed by atoms with van der Waals surface area (Å²) in [6.45, 7) is 0. The molecule has 2 aromatic carbocycles. The van der Waals surface area contributed by atoms with E-state index in [4.69, 9.17) is 10.00 Å². The van der Waals surface area contributed by atoms with Crippen molar-refractivity contribution in [3.63, 3.8) is 0 Å². The first-order valence-corrected chi connectivity index (χ1v) is 5.26. The van der Waals surface area contributed by atoms with Crippen molar-refractivity contribution in [2.24, 2.45) is 0 Å². The molecule has 0 N–H and O–H groups in total. The molecule has 0 amide bonds. The topological polar surface area (TPSA) is 50.1 Å². The van der Waals surface area contributed by atoms with Crippen LogP contribution in [-0.2, 0) is 0 Å². The van der Waals surface area contributed by atoms with Gasteiger partial charge in [-0.25, -0.2) is 8.78 Å². The number of halogens is 2. The number of hydrogen-bond acceptors (Lipinski definition) is 3. The normalized spacial score (nSPS) is 9.74. The molecule has 0 radical (unpaired) electrons. The van der Waals surface area contributed by atoms with Crippen LogP contribution in [0, 0.1) is 23.0 Å². The van der Waals surface area contributed by atoms with Crippen LogP contribution in [0.4, 0.5) is 8.78 Å². The van der Waals surface area contributed by atoms with Crippen molar-refractivity contribution < 1.29 is 18.3 Å². The average Bonchev–Trinajstić information content (AvgIpc) is 2.43. The maximum Gasteiger partial charge on any atom is 0.166 e. The van der Waals surface area contributed by atoms with E-state index in [0.29, 0.717) is 11.8 Å². The number of rotatable bonds is 3. The molecule has 0 atom stereocenters. The number of ether oxygens (including phenoxy) is 1. The molecule has 0 aliphatic rings. The van der Waals surface area contributed by atoms with Crippen molar-refractivity contribution in [2.45, 2.75) is 0 Å². The standard InChI is InChI=1S/C14H7F2NO2/c15-11-2-3-12(16)14(6-11)19-13-4-1-9(8-18)5-10(13)7-17/h1-6,8H. The second-order valence-corrected chi connectivity index (χ2v) is 3.66. The lowest BCUT2D eigenvalue weighted by atomic mass is 10.1. The van der Waals surface area contributed by atoms with Crippen LogP contribution in [0.5, 0.6) is 11.5 Å². The highest BCUT2D eigenvalue weighted by atomic mass is 19.1. The predicted molar refractivity (Wildman–Crippen MR) is 63.0 cm³/mol. The molecule has 0 heterocycles. The first-order valence-electron chi connectivity index (χ1n) is 5.26. The van der Waals surface area contributed by atoms with Gasteiger partial charge in [-0.2, -0.15) is 5.26 Å². The van der Waals surface area contributed by atoms with Crippen molar-refractivity contribution in [1.29, 1.82) is 5.26 Å². The Bertz CT molecular complexity index is 678. The summed E-state index contributed by atoms with van der Waals surface area (Å²) < 4.78 is 31.6. The Morgan fingerprint density at radius 3 is 2.58 bits per heavy atom. The summed E-state index contributed by atoms with van der Waals surface area (Å²) in [5.41, 5.74) is 0.358. The molecule has 5 heteroatoms. The lowest BCUT2D eigenvalue weighted by Gasteiger charge is -2.08. The largest absolute Gasteiger partial charge is 0.453 e. The summed E-state index contributed by atoms with van der Waals surface area (Å²) in [5.74, 6) is -1.67. The van der Waals surface area contributed by atoms with Gasteiger partial charge in [-0.1, -0.05) is 0 Å². The van der Waals surface area contributed by atoms with E-state index in [9.17, 15) is 13.6 Å². The van der Waals surface area contributed by atoms with Gasteiger partial charge in [0.2, 0.25) is 0 Å². The molecule has 94 valence electrons. The lowest BCUT2D eigenvalue weighted by Crippen LogP contribution is -1.93. The van der Waals surface area contributed by atoms with Crippen LogP contribution in [0.1, 0.15) is 15.9 Å². The number of hydrogen-bond donors (Lipinski definition) is 0. The Morgan fingerprint density at radius 1 is 1.11 bits per heavy atom. The highest BCUT2D eigenvalue weighted by molar-refractivity contribution is 5.76. The zero-order chi connectivity index (χ0) is 13.8. The van der Waals surface area contributed by atoms with Gasteiger partial charge in [-0.15, -0.1) is 0 Å². The first kappa shape index (κ1) is 12.7. The number of nitrogens with zero attached hydrogens (tertiary/aromatic N) is 1. The summed E-state index contributed by atoms with van der Waals surface area (Å²) in [5, 5.41) is 8.93. The van der Waals surface area contributed by atoms with Gasteiger partial charge in [-0.05, 0) is 30.3 Å². The predicted octanol–water partition coefficient (Wildman–Crippen LogP) is 3.44. The van der Waals surface area contributed by atoms with E-state index in [0.717, 1.165) is 18.2 Å². The highest BCUT2D eigenvalue weighted by Crippen LogP contribution is 2.28. The minimum Gasteiger partial charge on any atom is -0.453 e. The molecule has 0 aromatic heterocycles. The lowest BCUT2D eigenvalue weighted by molar-refractivity contribution is 0.112. The Balaban J connectivity index is 2.41. The number of benzene rings is 2. The quantitative estimate of drug-likeness (QED) is 0.793. The van der Waals surface area contributed by atoms with Crippen LogP contribution >= 0.6 is 0 Å². The smallest absolute Gasteiger partial charge is 0.166 e. The first-order chi connectivity index (χ1) is 9.13. The fraction of sp³-hybridized carbons (Fsp3) is 0. The van der Waals surface area contributed by atoms with Crippen molar-refractivity contribution >= 4 is 6.29 Å². The zero-order valence-corrected chi connectivity index (χ0v) is 9.56.